The average Bonchev–Trinajstić information content (AvgIpc) is 2.92. The van der Waals surface area contributed by atoms with Gasteiger partial charge in [0.1, 0.15) is 0 Å². The Morgan fingerprint density at radius 2 is 1.85 bits per heavy atom. The van der Waals surface area contributed by atoms with Gasteiger partial charge in [0, 0.05) is 42.5 Å². The van der Waals surface area contributed by atoms with Gasteiger partial charge < -0.3 is 19.4 Å². The van der Waals surface area contributed by atoms with Gasteiger partial charge in [-0.25, -0.2) is 0 Å². The fourth-order valence-electron chi connectivity index (χ4n) is 3.25. The van der Waals surface area contributed by atoms with Crippen LogP contribution in [0.4, 0.5) is 0 Å². The Kier molecular flexibility index (Phi) is 4.54. The summed E-state index contributed by atoms with van der Waals surface area (Å²) in [6.45, 7) is 1.51. The van der Waals surface area contributed by atoms with Gasteiger partial charge in [-0.15, -0.1) is 0 Å². The Bertz CT molecular complexity index is 1060. The lowest BCUT2D eigenvalue weighted by molar-refractivity contribution is 0.0785. The molecule has 1 amide bonds. The predicted molar refractivity (Wildman–Crippen MR) is 102 cm³/mol. The fraction of sp³-hybridized carbons (Fsp3) is 0.238. The van der Waals surface area contributed by atoms with Gasteiger partial charge in [0.25, 0.3) is 5.91 Å². The molecule has 1 aliphatic rings. The summed E-state index contributed by atoms with van der Waals surface area (Å²) in [5, 5.41) is 0.926. The predicted octanol–water partition coefficient (Wildman–Crippen LogP) is 2.96. The van der Waals surface area contributed by atoms with Crippen LogP contribution in [0.5, 0.6) is 11.5 Å². The van der Waals surface area contributed by atoms with Crippen LogP contribution < -0.4 is 15.0 Å². The molecule has 3 aromatic rings. The zero-order valence-electron chi connectivity index (χ0n) is 15.0. The summed E-state index contributed by atoms with van der Waals surface area (Å²) < 4.78 is 11.3. The molecule has 1 aromatic heterocycles. The number of rotatable bonds is 3. The van der Waals surface area contributed by atoms with Crippen molar-refractivity contribution in [2.75, 3.05) is 20.3 Å². The number of benzene rings is 2. The summed E-state index contributed by atoms with van der Waals surface area (Å²) in [6, 6.07) is 14.3. The SMILES string of the molecule is CN(Cc1cc(=O)[nH]c2ccccc12)C(=O)c1ccc2c(c1)OCCCO2. The molecule has 2 aromatic carbocycles. The molecular weight excluding hydrogens is 344 g/mol. The Hall–Kier alpha value is -3.28. The monoisotopic (exact) mass is 364 g/mol. The molecule has 138 valence electrons. The first-order valence-electron chi connectivity index (χ1n) is 8.88. The lowest BCUT2D eigenvalue weighted by Gasteiger charge is -2.19. The lowest BCUT2D eigenvalue weighted by Crippen LogP contribution is -2.27. The third-order valence-electron chi connectivity index (χ3n) is 4.58. The molecule has 0 aliphatic carbocycles. The van der Waals surface area contributed by atoms with Gasteiger partial charge in [-0.2, -0.15) is 0 Å². The van der Waals surface area contributed by atoms with Crippen LogP contribution in [0.1, 0.15) is 22.3 Å². The smallest absolute Gasteiger partial charge is 0.254 e. The second kappa shape index (κ2) is 7.15. The highest BCUT2D eigenvalue weighted by Crippen LogP contribution is 2.31. The highest BCUT2D eigenvalue weighted by Gasteiger charge is 2.18. The molecule has 27 heavy (non-hydrogen) atoms. The topological polar surface area (TPSA) is 71.6 Å². The van der Waals surface area contributed by atoms with E-state index in [2.05, 4.69) is 4.98 Å². The number of H-pyrrole nitrogens is 1. The number of hydrogen-bond donors (Lipinski definition) is 1. The summed E-state index contributed by atoms with van der Waals surface area (Å²) in [4.78, 5) is 29.2. The van der Waals surface area contributed by atoms with Crippen LogP contribution >= 0.6 is 0 Å². The van der Waals surface area contributed by atoms with Gasteiger partial charge in [0.15, 0.2) is 11.5 Å². The highest BCUT2D eigenvalue weighted by molar-refractivity contribution is 5.95. The second-order valence-electron chi connectivity index (χ2n) is 6.58. The number of nitrogens with one attached hydrogen (secondary N) is 1. The Labute approximate surface area is 156 Å². The number of aromatic amines is 1. The number of carbonyl (C=O) groups excluding carboxylic acids is 1. The minimum atomic E-state index is -0.180. The zero-order valence-corrected chi connectivity index (χ0v) is 15.0. The molecule has 0 saturated heterocycles. The maximum absolute atomic E-state index is 12.9. The fourth-order valence-corrected chi connectivity index (χ4v) is 3.25. The van der Waals surface area contributed by atoms with Gasteiger partial charge in [0.05, 0.1) is 13.2 Å². The Morgan fingerprint density at radius 3 is 2.70 bits per heavy atom. The largest absolute Gasteiger partial charge is 0.490 e. The summed E-state index contributed by atoms with van der Waals surface area (Å²) in [5.41, 5.74) is 1.91. The molecule has 2 heterocycles. The third-order valence-corrected chi connectivity index (χ3v) is 4.58. The summed E-state index contributed by atoms with van der Waals surface area (Å²) in [7, 11) is 1.72. The molecule has 0 saturated carbocycles. The van der Waals surface area contributed by atoms with Crippen LogP contribution in [0.25, 0.3) is 10.9 Å². The van der Waals surface area contributed by atoms with Crippen molar-refractivity contribution in [1.82, 2.24) is 9.88 Å². The molecular formula is C21H20N2O4. The molecule has 0 fully saturated rings. The van der Waals surface area contributed by atoms with E-state index in [1.807, 2.05) is 24.3 Å². The number of aromatic nitrogens is 1. The third kappa shape index (κ3) is 3.51. The molecule has 0 atom stereocenters. The van der Waals surface area contributed by atoms with Crippen molar-refractivity contribution in [3.05, 3.63) is 70.0 Å². The van der Waals surface area contributed by atoms with Crippen molar-refractivity contribution in [3.8, 4) is 11.5 Å². The van der Waals surface area contributed by atoms with E-state index in [0.717, 1.165) is 22.9 Å². The van der Waals surface area contributed by atoms with Gasteiger partial charge in [0.2, 0.25) is 5.56 Å². The first kappa shape index (κ1) is 17.1. The zero-order chi connectivity index (χ0) is 18.8. The van der Waals surface area contributed by atoms with E-state index >= 15 is 0 Å². The van der Waals surface area contributed by atoms with Crippen molar-refractivity contribution < 1.29 is 14.3 Å². The van der Waals surface area contributed by atoms with E-state index in [0.29, 0.717) is 36.8 Å². The van der Waals surface area contributed by atoms with Crippen LogP contribution in [-0.4, -0.2) is 36.1 Å². The van der Waals surface area contributed by atoms with E-state index < -0.39 is 0 Å². The number of hydrogen-bond acceptors (Lipinski definition) is 4. The van der Waals surface area contributed by atoms with Crippen LogP contribution in [0.2, 0.25) is 0 Å². The van der Waals surface area contributed by atoms with Crippen LogP contribution in [-0.2, 0) is 6.54 Å². The molecule has 4 rings (SSSR count). The van der Waals surface area contributed by atoms with Crippen LogP contribution in [0, 0.1) is 0 Å². The summed E-state index contributed by atoms with van der Waals surface area (Å²) >= 11 is 0. The van der Waals surface area contributed by atoms with Gasteiger partial charge in [-0.1, -0.05) is 18.2 Å². The van der Waals surface area contributed by atoms with Crippen LogP contribution in [0.3, 0.4) is 0 Å². The molecule has 6 heteroatoms. The maximum Gasteiger partial charge on any atom is 0.254 e. The van der Waals surface area contributed by atoms with E-state index in [1.54, 1.807) is 36.2 Å². The van der Waals surface area contributed by atoms with E-state index in [9.17, 15) is 9.59 Å². The van der Waals surface area contributed by atoms with Crippen LogP contribution in [0.15, 0.2) is 53.3 Å². The molecule has 0 bridgehead atoms. The molecule has 1 aliphatic heterocycles. The summed E-state index contributed by atoms with van der Waals surface area (Å²) in [6.07, 6.45) is 0.813. The number of ether oxygens (including phenoxy) is 2. The Morgan fingerprint density at radius 1 is 1.07 bits per heavy atom. The normalized spacial score (nSPS) is 13.2. The van der Waals surface area contributed by atoms with Crippen molar-refractivity contribution >= 4 is 16.8 Å². The minimum absolute atomic E-state index is 0.144. The highest BCUT2D eigenvalue weighted by atomic mass is 16.5. The molecule has 0 radical (unpaired) electrons. The van der Waals surface area contributed by atoms with Crippen molar-refractivity contribution in [2.45, 2.75) is 13.0 Å². The first-order chi connectivity index (χ1) is 13.1. The number of fused-ring (bicyclic) bond motifs is 2. The molecule has 0 spiro atoms. The average molecular weight is 364 g/mol. The number of pyridine rings is 1. The number of para-hydroxylation sites is 1. The van der Waals surface area contributed by atoms with Gasteiger partial charge in [-0.05, 0) is 29.8 Å². The number of nitrogens with zero attached hydrogens (tertiary/aromatic N) is 1. The number of amides is 1. The first-order valence-corrected chi connectivity index (χ1v) is 8.88. The van der Waals surface area contributed by atoms with Crippen molar-refractivity contribution in [1.29, 1.82) is 0 Å². The minimum Gasteiger partial charge on any atom is -0.490 e. The lowest BCUT2D eigenvalue weighted by atomic mass is 10.1. The van der Waals surface area contributed by atoms with Gasteiger partial charge in [-0.3, -0.25) is 9.59 Å². The molecule has 6 nitrogen and oxygen atoms in total. The maximum atomic E-state index is 12.9. The van der Waals surface area contributed by atoms with E-state index in [1.165, 1.54) is 0 Å². The van der Waals surface area contributed by atoms with Crippen molar-refractivity contribution in [3.63, 3.8) is 0 Å². The Balaban J connectivity index is 1.60. The van der Waals surface area contributed by atoms with E-state index in [4.69, 9.17) is 9.47 Å². The molecule has 1 N–H and O–H groups in total. The summed E-state index contributed by atoms with van der Waals surface area (Å²) in [5.74, 6) is 1.11. The van der Waals surface area contributed by atoms with Crippen molar-refractivity contribution in [2.24, 2.45) is 0 Å². The molecule has 0 unspecified atom stereocenters. The van der Waals surface area contributed by atoms with E-state index in [-0.39, 0.29) is 11.5 Å². The number of carbonyl (C=O) groups is 1. The quantitative estimate of drug-likeness (QED) is 0.776. The standard InChI is InChI=1S/C21H20N2O4/c1-23(13-15-12-20(24)22-17-6-3-2-5-16(15)17)21(25)14-7-8-18-19(11-14)27-10-4-9-26-18/h2-3,5-8,11-12H,4,9-10,13H2,1H3,(H,22,24). The second-order valence-corrected chi connectivity index (χ2v) is 6.58. The van der Waals surface area contributed by atoms with Gasteiger partial charge >= 0.3 is 0 Å².